The van der Waals surface area contributed by atoms with Crippen LogP contribution in [0, 0.1) is 11.8 Å². The fourth-order valence-electron chi connectivity index (χ4n) is 5.11. The summed E-state index contributed by atoms with van der Waals surface area (Å²) in [6.45, 7) is -0.591. The summed E-state index contributed by atoms with van der Waals surface area (Å²) >= 11 is 15.6. The number of carbonyl (C=O) groups is 5. The van der Waals surface area contributed by atoms with Crippen LogP contribution in [0.15, 0.2) is 71.2 Å². The second-order valence-corrected chi connectivity index (χ2v) is 11.6. The van der Waals surface area contributed by atoms with Crippen LogP contribution < -0.4 is 4.74 Å². The monoisotopic (exact) mass is 656 g/mol. The van der Waals surface area contributed by atoms with Crippen molar-refractivity contribution in [3.63, 3.8) is 0 Å². The van der Waals surface area contributed by atoms with E-state index in [0.717, 1.165) is 27.3 Å². The number of amides is 3. The Hall–Kier alpha value is -3.53. The lowest BCUT2D eigenvalue weighted by atomic mass is 9.81. The first-order valence-electron chi connectivity index (χ1n) is 12.9. The zero-order valence-corrected chi connectivity index (χ0v) is 24.6. The second kappa shape index (κ2) is 12.1. The topological polar surface area (TPSA) is 101 Å². The van der Waals surface area contributed by atoms with E-state index < -0.39 is 47.9 Å². The molecule has 8 nitrogen and oxygen atoms in total. The minimum Gasteiger partial charge on any atom is -0.423 e. The molecule has 3 aromatic carbocycles. The van der Waals surface area contributed by atoms with Gasteiger partial charge in [0, 0.05) is 15.1 Å². The first kappa shape index (κ1) is 29.0. The molecule has 0 bridgehead atoms. The lowest BCUT2D eigenvalue weighted by molar-refractivity contribution is -0.154. The lowest BCUT2D eigenvalue weighted by Crippen LogP contribution is -2.52. The molecule has 0 unspecified atom stereocenters. The SMILES string of the molecule is O=C(CN(C(=O)c1ccc(Cl)cc1Cl)N1C(=O)[C@H]2CCCC[C@H]2C1=O)c1ccc(OC(=O)c2ccc(Br)cc2)cc1. The Morgan fingerprint density at radius 1 is 0.854 bits per heavy atom. The van der Waals surface area contributed by atoms with Gasteiger partial charge in [-0.1, -0.05) is 52.0 Å². The summed E-state index contributed by atoms with van der Waals surface area (Å²) in [5.74, 6) is -3.72. The minimum absolute atomic E-state index is 0.00506. The van der Waals surface area contributed by atoms with Crippen LogP contribution >= 0.6 is 39.1 Å². The number of esters is 1. The Morgan fingerprint density at radius 3 is 2.02 bits per heavy atom. The quantitative estimate of drug-likeness (QED) is 0.126. The van der Waals surface area contributed by atoms with Gasteiger partial charge in [0.15, 0.2) is 5.78 Å². The van der Waals surface area contributed by atoms with E-state index in [1.807, 2.05) is 0 Å². The maximum atomic E-state index is 13.7. The molecule has 1 aliphatic heterocycles. The average molecular weight is 658 g/mol. The van der Waals surface area contributed by atoms with Gasteiger partial charge in [-0.3, -0.25) is 19.2 Å². The predicted octanol–water partition coefficient (Wildman–Crippen LogP) is 6.39. The third-order valence-corrected chi connectivity index (χ3v) is 8.29. The van der Waals surface area contributed by atoms with Crippen molar-refractivity contribution in [1.29, 1.82) is 0 Å². The van der Waals surface area contributed by atoms with Crippen molar-refractivity contribution in [2.45, 2.75) is 25.7 Å². The molecule has 3 amide bonds. The zero-order chi connectivity index (χ0) is 29.3. The summed E-state index contributed by atoms with van der Waals surface area (Å²) in [6.07, 6.45) is 2.71. The number of Topliss-reactive ketones (excluding diaryl/α,β-unsaturated/α-hetero) is 1. The van der Waals surface area contributed by atoms with Crippen LogP contribution in [0.3, 0.4) is 0 Å². The molecule has 41 heavy (non-hydrogen) atoms. The van der Waals surface area contributed by atoms with Crippen molar-refractivity contribution in [2.24, 2.45) is 11.8 Å². The number of nitrogens with zero attached hydrogens (tertiary/aromatic N) is 2. The third kappa shape index (κ3) is 6.07. The molecule has 210 valence electrons. The number of hydrogen-bond acceptors (Lipinski definition) is 6. The molecular formula is C30H23BrCl2N2O6. The minimum atomic E-state index is -0.777. The standard InChI is InChI=1S/C30H23BrCl2N2O6/c31-19-9-5-18(6-10-19)30(40)41-21-12-7-17(8-13-21)26(36)16-34(27(37)24-14-11-20(32)15-25(24)33)35-28(38)22-3-1-2-4-23(22)29(35)39/h5-15,22-23H,1-4,16H2/t22-,23+. The van der Waals surface area contributed by atoms with Gasteiger partial charge in [0.05, 0.1) is 28.0 Å². The van der Waals surface area contributed by atoms with E-state index in [-0.39, 0.29) is 21.9 Å². The Morgan fingerprint density at radius 2 is 1.44 bits per heavy atom. The maximum Gasteiger partial charge on any atom is 0.343 e. The number of hydrazine groups is 1. The first-order chi connectivity index (χ1) is 19.6. The van der Waals surface area contributed by atoms with Crippen molar-refractivity contribution in [3.05, 3.63) is 97.9 Å². The number of rotatable bonds is 7. The molecule has 11 heteroatoms. The fraction of sp³-hybridized carbons (Fsp3) is 0.233. The third-order valence-electron chi connectivity index (χ3n) is 7.22. The Bertz CT molecular complexity index is 1520. The van der Waals surface area contributed by atoms with Crippen LogP contribution in [0.1, 0.15) is 56.8 Å². The van der Waals surface area contributed by atoms with Gasteiger partial charge in [-0.15, -0.1) is 0 Å². The molecule has 0 aromatic heterocycles. The summed E-state index contributed by atoms with van der Waals surface area (Å²) in [5, 5.41) is 2.02. The van der Waals surface area contributed by atoms with E-state index in [1.165, 1.54) is 42.5 Å². The summed E-state index contributed by atoms with van der Waals surface area (Å²) in [5.41, 5.74) is 0.531. The number of ketones is 1. The van der Waals surface area contributed by atoms with Crippen molar-refractivity contribution < 1.29 is 28.7 Å². The normalized spacial score (nSPS) is 18.2. The molecule has 1 saturated heterocycles. The number of fused-ring (bicyclic) bond motifs is 1. The summed E-state index contributed by atoms with van der Waals surface area (Å²) < 4.78 is 6.20. The number of ether oxygens (including phenoxy) is 1. The van der Waals surface area contributed by atoms with Crippen LogP contribution in [0.4, 0.5) is 0 Å². The molecule has 3 aromatic rings. The molecule has 0 spiro atoms. The van der Waals surface area contributed by atoms with Gasteiger partial charge in [0.2, 0.25) is 0 Å². The van der Waals surface area contributed by atoms with Gasteiger partial charge in [-0.2, -0.15) is 5.01 Å². The van der Waals surface area contributed by atoms with E-state index in [4.69, 9.17) is 27.9 Å². The van der Waals surface area contributed by atoms with Crippen LogP contribution in [-0.4, -0.2) is 46.0 Å². The number of carbonyl (C=O) groups excluding carboxylic acids is 5. The largest absolute Gasteiger partial charge is 0.423 e. The maximum absolute atomic E-state index is 13.7. The molecule has 1 aliphatic carbocycles. The molecular weight excluding hydrogens is 635 g/mol. The highest BCUT2D eigenvalue weighted by Crippen LogP contribution is 2.39. The highest BCUT2D eigenvalue weighted by Gasteiger charge is 2.52. The Labute approximate surface area is 254 Å². The van der Waals surface area contributed by atoms with E-state index in [2.05, 4.69) is 15.9 Å². The van der Waals surface area contributed by atoms with Crippen LogP contribution in [0.5, 0.6) is 5.75 Å². The number of hydrogen-bond donors (Lipinski definition) is 0. The molecule has 1 saturated carbocycles. The van der Waals surface area contributed by atoms with Crippen LogP contribution in [0.2, 0.25) is 10.0 Å². The van der Waals surface area contributed by atoms with Crippen molar-refractivity contribution in [2.75, 3.05) is 6.54 Å². The highest BCUT2D eigenvalue weighted by atomic mass is 79.9. The highest BCUT2D eigenvalue weighted by molar-refractivity contribution is 9.10. The predicted molar refractivity (Wildman–Crippen MR) is 155 cm³/mol. The molecule has 2 aliphatic rings. The van der Waals surface area contributed by atoms with Crippen LogP contribution in [-0.2, 0) is 9.59 Å². The van der Waals surface area contributed by atoms with Gasteiger partial charge >= 0.3 is 5.97 Å². The van der Waals surface area contributed by atoms with Gasteiger partial charge in [-0.25, -0.2) is 9.80 Å². The molecule has 0 N–H and O–H groups in total. The summed E-state index contributed by atoms with van der Waals surface area (Å²) in [6, 6.07) is 16.7. The average Bonchev–Trinajstić information content (AvgIpc) is 3.21. The van der Waals surface area contributed by atoms with E-state index in [9.17, 15) is 24.0 Å². The summed E-state index contributed by atoms with van der Waals surface area (Å²) in [4.78, 5) is 66.2. The Kier molecular flexibility index (Phi) is 8.58. The fourth-order valence-corrected chi connectivity index (χ4v) is 5.86. The second-order valence-electron chi connectivity index (χ2n) is 9.82. The smallest absolute Gasteiger partial charge is 0.343 e. The molecule has 0 radical (unpaired) electrons. The van der Waals surface area contributed by atoms with Gasteiger partial charge in [0.1, 0.15) is 12.3 Å². The van der Waals surface area contributed by atoms with Gasteiger partial charge in [-0.05, 0) is 79.6 Å². The van der Waals surface area contributed by atoms with Crippen LogP contribution in [0.25, 0.3) is 0 Å². The first-order valence-corrected chi connectivity index (χ1v) is 14.4. The van der Waals surface area contributed by atoms with E-state index in [0.29, 0.717) is 23.4 Å². The number of imide groups is 1. The number of benzene rings is 3. The number of halogens is 3. The van der Waals surface area contributed by atoms with Crippen molar-refractivity contribution in [3.8, 4) is 5.75 Å². The molecule has 2 atom stereocenters. The molecule has 2 fully saturated rings. The Balaban J connectivity index is 1.38. The lowest BCUT2D eigenvalue weighted by Gasteiger charge is -2.30. The molecule has 1 heterocycles. The zero-order valence-electron chi connectivity index (χ0n) is 21.5. The molecule has 5 rings (SSSR count). The van der Waals surface area contributed by atoms with Crippen molar-refractivity contribution >= 4 is 68.6 Å². The van der Waals surface area contributed by atoms with Gasteiger partial charge in [0.25, 0.3) is 17.7 Å². The van der Waals surface area contributed by atoms with Gasteiger partial charge < -0.3 is 4.74 Å². The summed E-state index contributed by atoms with van der Waals surface area (Å²) in [7, 11) is 0. The van der Waals surface area contributed by atoms with E-state index in [1.54, 1.807) is 24.3 Å². The van der Waals surface area contributed by atoms with Crippen molar-refractivity contribution in [1.82, 2.24) is 10.0 Å². The van der Waals surface area contributed by atoms with E-state index >= 15 is 0 Å².